The van der Waals surface area contributed by atoms with E-state index in [1.165, 1.54) is 24.3 Å². The molecule has 5 nitrogen and oxygen atoms in total. The Morgan fingerprint density at radius 1 is 1.11 bits per heavy atom. The quantitative estimate of drug-likeness (QED) is 0.624. The lowest BCUT2D eigenvalue weighted by atomic mass is 10.1. The summed E-state index contributed by atoms with van der Waals surface area (Å²) in [6.45, 7) is 1.16. The number of imidazole rings is 1. The van der Waals surface area contributed by atoms with Gasteiger partial charge in [0.15, 0.2) is 11.0 Å². The maximum atomic E-state index is 14.2. The van der Waals surface area contributed by atoms with Crippen molar-refractivity contribution in [2.24, 2.45) is 0 Å². The number of hydrogen-bond donors (Lipinski definition) is 0. The predicted octanol–water partition coefficient (Wildman–Crippen LogP) is 3.60. The number of fused-ring (bicyclic) bond motifs is 1. The van der Waals surface area contributed by atoms with Gasteiger partial charge < -0.3 is 9.47 Å². The molecule has 1 aliphatic rings. The first-order chi connectivity index (χ1) is 13.4. The first kappa shape index (κ1) is 18.5. The van der Waals surface area contributed by atoms with Gasteiger partial charge in [-0.25, -0.2) is 23.1 Å². The molecular weight excluding hydrogens is 393 g/mol. The van der Waals surface area contributed by atoms with Gasteiger partial charge in [0.1, 0.15) is 11.6 Å². The van der Waals surface area contributed by atoms with E-state index in [0.29, 0.717) is 30.2 Å². The summed E-state index contributed by atoms with van der Waals surface area (Å²) in [7, 11) is 0. The van der Waals surface area contributed by atoms with E-state index >= 15 is 0 Å². The molecule has 0 unspecified atom stereocenters. The van der Waals surface area contributed by atoms with Gasteiger partial charge in [-0.05, 0) is 24.3 Å². The van der Waals surface area contributed by atoms with E-state index < -0.39 is 17.5 Å². The van der Waals surface area contributed by atoms with Crippen LogP contribution in [0.2, 0.25) is 5.15 Å². The van der Waals surface area contributed by atoms with Gasteiger partial charge in [0, 0.05) is 24.7 Å². The highest BCUT2D eigenvalue weighted by atomic mass is 35.5. The minimum absolute atomic E-state index is 0.0334. The molecule has 3 aromatic rings. The molecule has 0 saturated heterocycles. The highest BCUT2D eigenvalue weighted by molar-refractivity contribution is 6.29. The van der Waals surface area contributed by atoms with E-state index in [9.17, 15) is 18.0 Å². The van der Waals surface area contributed by atoms with Gasteiger partial charge in [0.05, 0.1) is 36.4 Å². The minimum atomic E-state index is -0.713. The summed E-state index contributed by atoms with van der Waals surface area (Å²) in [6, 6.07) is 5.88. The number of rotatable bonds is 3. The van der Waals surface area contributed by atoms with Crippen molar-refractivity contribution in [3.63, 3.8) is 0 Å². The summed E-state index contributed by atoms with van der Waals surface area (Å²) in [6.07, 6.45) is 1.55. The van der Waals surface area contributed by atoms with Gasteiger partial charge in [0.25, 0.3) is 0 Å². The van der Waals surface area contributed by atoms with Crippen LogP contribution in [0.25, 0.3) is 11.3 Å². The fraction of sp³-hybridized carbons (Fsp3) is 0.211. The van der Waals surface area contributed by atoms with Gasteiger partial charge in [-0.2, -0.15) is 0 Å². The third-order valence-electron chi connectivity index (χ3n) is 4.63. The molecule has 1 amide bonds. The zero-order chi connectivity index (χ0) is 19.8. The maximum Gasteiger partial charge on any atom is 0.229 e. The van der Waals surface area contributed by atoms with Crippen LogP contribution in [0.15, 0.2) is 36.7 Å². The SMILES string of the molecule is O=C(Cc1ccc(F)c(Cl)n1)N1CCn2cnc(-c3ccc(F)cc3F)c2C1. The molecule has 2 aromatic heterocycles. The van der Waals surface area contributed by atoms with E-state index in [1.807, 2.05) is 4.57 Å². The van der Waals surface area contributed by atoms with Crippen LogP contribution >= 0.6 is 11.6 Å². The predicted molar refractivity (Wildman–Crippen MR) is 95.9 cm³/mol. The van der Waals surface area contributed by atoms with Gasteiger partial charge >= 0.3 is 0 Å². The Labute approximate surface area is 163 Å². The first-order valence-electron chi connectivity index (χ1n) is 8.50. The van der Waals surface area contributed by atoms with Crippen molar-refractivity contribution >= 4 is 17.5 Å². The van der Waals surface area contributed by atoms with Crippen LogP contribution in [0.4, 0.5) is 13.2 Å². The number of carbonyl (C=O) groups is 1. The first-order valence-corrected chi connectivity index (χ1v) is 8.88. The number of aromatic nitrogens is 3. The number of hydrogen-bond acceptors (Lipinski definition) is 3. The maximum absolute atomic E-state index is 14.2. The average Bonchev–Trinajstić information content (AvgIpc) is 3.08. The number of pyridine rings is 1. The molecule has 144 valence electrons. The second-order valence-electron chi connectivity index (χ2n) is 6.42. The smallest absolute Gasteiger partial charge is 0.229 e. The van der Waals surface area contributed by atoms with Gasteiger partial charge in [-0.1, -0.05) is 11.6 Å². The Balaban J connectivity index is 1.56. The van der Waals surface area contributed by atoms with Crippen LogP contribution in [-0.2, 0) is 24.3 Å². The topological polar surface area (TPSA) is 51.0 Å². The average molecular weight is 407 g/mol. The zero-order valence-electron chi connectivity index (χ0n) is 14.5. The minimum Gasteiger partial charge on any atom is -0.335 e. The second kappa shape index (κ2) is 7.27. The summed E-state index contributed by atoms with van der Waals surface area (Å²) in [5, 5.41) is -0.281. The summed E-state index contributed by atoms with van der Waals surface area (Å²) in [5.41, 5.74) is 1.57. The Hall–Kier alpha value is -2.87. The lowest BCUT2D eigenvalue weighted by Crippen LogP contribution is -2.39. The van der Waals surface area contributed by atoms with Crippen LogP contribution in [0.3, 0.4) is 0 Å². The fourth-order valence-electron chi connectivity index (χ4n) is 3.19. The molecule has 1 aromatic carbocycles. The van der Waals surface area contributed by atoms with Crippen molar-refractivity contribution in [3.05, 3.63) is 70.7 Å². The standard InChI is InChI=1S/C19H14ClF3N4O/c20-19-14(22)4-2-12(25-19)8-17(28)26-5-6-27-10-24-18(16(27)9-26)13-3-1-11(21)7-15(13)23/h1-4,7,10H,5-6,8-9H2. The van der Waals surface area contributed by atoms with Crippen LogP contribution in [0.5, 0.6) is 0 Å². The molecule has 0 bridgehead atoms. The number of carbonyl (C=O) groups excluding carboxylic acids is 1. The molecule has 0 fully saturated rings. The molecule has 0 atom stereocenters. The Bertz CT molecular complexity index is 1070. The molecule has 1 aliphatic heterocycles. The highest BCUT2D eigenvalue weighted by Crippen LogP contribution is 2.28. The molecule has 3 heterocycles. The van der Waals surface area contributed by atoms with Crippen molar-refractivity contribution in [2.45, 2.75) is 19.5 Å². The van der Waals surface area contributed by atoms with Crippen molar-refractivity contribution in [2.75, 3.05) is 6.54 Å². The summed E-state index contributed by atoms with van der Waals surface area (Å²) >= 11 is 5.67. The van der Waals surface area contributed by atoms with E-state index in [0.717, 1.165) is 6.07 Å². The second-order valence-corrected chi connectivity index (χ2v) is 6.78. The molecule has 0 N–H and O–H groups in total. The third kappa shape index (κ3) is 3.47. The monoisotopic (exact) mass is 406 g/mol. The third-order valence-corrected chi connectivity index (χ3v) is 4.89. The largest absolute Gasteiger partial charge is 0.335 e. The molecule has 28 heavy (non-hydrogen) atoms. The summed E-state index contributed by atoms with van der Waals surface area (Å²) in [5.74, 6) is -2.24. The summed E-state index contributed by atoms with van der Waals surface area (Å²) < 4.78 is 42.4. The molecule has 0 spiro atoms. The molecular formula is C19H14ClF3N4O. The Morgan fingerprint density at radius 2 is 1.93 bits per heavy atom. The number of halogens is 4. The summed E-state index contributed by atoms with van der Waals surface area (Å²) in [4.78, 5) is 22.4. The highest BCUT2D eigenvalue weighted by Gasteiger charge is 2.26. The van der Waals surface area contributed by atoms with Crippen LogP contribution in [-0.4, -0.2) is 31.9 Å². The lowest BCUT2D eigenvalue weighted by molar-refractivity contribution is -0.131. The van der Waals surface area contributed by atoms with Crippen molar-refractivity contribution in [1.82, 2.24) is 19.4 Å². The van der Waals surface area contributed by atoms with Gasteiger partial charge in [-0.15, -0.1) is 0 Å². The zero-order valence-corrected chi connectivity index (χ0v) is 15.3. The molecule has 0 saturated carbocycles. The van der Waals surface area contributed by atoms with Crippen molar-refractivity contribution in [3.8, 4) is 11.3 Å². The fourth-order valence-corrected chi connectivity index (χ4v) is 3.37. The van der Waals surface area contributed by atoms with Crippen molar-refractivity contribution in [1.29, 1.82) is 0 Å². The van der Waals surface area contributed by atoms with E-state index in [4.69, 9.17) is 11.6 Å². The van der Waals surface area contributed by atoms with Gasteiger partial charge in [0.2, 0.25) is 5.91 Å². The molecule has 0 aliphatic carbocycles. The van der Waals surface area contributed by atoms with E-state index in [2.05, 4.69) is 9.97 Å². The number of benzene rings is 1. The normalized spacial score (nSPS) is 13.5. The van der Waals surface area contributed by atoms with E-state index in [1.54, 1.807) is 11.2 Å². The molecule has 9 heteroatoms. The van der Waals surface area contributed by atoms with Crippen molar-refractivity contribution < 1.29 is 18.0 Å². The van der Waals surface area contributed by atoms with E-state index in [-0.39, 0.29) is 29.6 Å². The molecule has 4 rings (SSSR count). The van der Waals surface area contributed by atoms with Crippen LogP contribution in [0, 0.1) is 17.5 Å². The Morgan fingerprint density at radius 3 is 2.68 bits per heavy atom. The molecule has 0 radical (unpaired) electrons. The lowest BCUT2D eigenvalue weighted by Gasteiger charge is -2.29. The Kier molecular flexibility index (Phi) is 4.80. The van der Waals surface area contributed by atoms with Gasteiger partial charge in [-0.3, -0.25) is 4.79 Å². The number of amides is 1. The van der Waals surface area contributed by atoms with Crippen LogP contribution in [0.1, 0.15) is 11.4 Å². The van der Waals surface area contributed by atoms with Crippen LogP contribution < -0.4 is 0 Å². The number of nitrogens with zero attached hydrogens (tertiary/aromatic N) is 4.